The molecule has 1 rings (SSSR count). The van der Waals surface area contributed by atoms with Crippen LogP contribution in [-0.2, 0) is 11.2 Å². The number of rotatable bonds is 5. The first kappa shape index (κ1) is 15.5. The second-order valence-corrected chi connectivity index (χ2v) is 3.35. The van der Waals surface area contributed by atoms with E-state index in [9.17, 15) is 28.1 Å². The van der Waals surface area contributed by atoms with Gasteiger partial charge in [0.25, 0.3) is 0 Å². The highest BCUT2D eigenvalue weighted by atomic mass is 19.4. The maximum absolute atomic E-state index is 12.2. The van der Waals surface area contributed by atoms with Crippen molar-refractivity contribution >= 4 is 11.7 Å². The van der Waals surface area contributed by atoms with E-state index in [2.05, 4.69) is 14.5 Å². The Labute approximate surface area is 108 Å². The van der Waals surface area contributed by atoms with E-state index in [1.807, 2.05) is 0 Å². The predicted octanol–water partition coefficient (Wildman–Crippen LogP) is 1.52. The second-order valence-electron chi connectivity index (χ2n) is 3.35. The minimum atomic E-state index is -5.22. The molecule has 1 aromatic heterocycles. The van der Waals surface area contributed by atoms with Gasteiger partial charge in [-0.15, -0.1) is 13.2 Å². The fourth-order valence-corrected chi connectivity index (χ4v) is 1.29. The summed E-state index contributed by atoms with van der Waals surface area (Å²) >= 11 is 0. The molecule has 0 fully saturated rings. The zero-order valence-corrected chi connectivity index (χ0v) is 9.80. The smallest absolute Gasteiger partial charge is 0.490 e. The van der Waals surface area contributed by atoms with Gasteiger partial charge in [0.15, 0.2) is 0 Å². The number of ether oxygens (including phenoxy) is 2. The van der Waals surface area contributed by atoms with Gasteiger partial charge in [0.05, 0.1) is 24.1 Å². The van der Waals surface area contributed by atoms with Crippen LogP contribution in [0.25, 0.3) is 0 Å². The molecule has 8 nitrogen and oxygen atoms in total. The summed E-state index contributed by atoms with van der Waals surface area (Å²) in [5.41, 5.74) is -1.52. The lowest BCUT2D eigenvalue weighted by molar-refractivity contribution is -0.390. The number of halogens is 3. The summed E-state index contributed by atoms with van der Waals surface area (Å²) < 4.78 is 44.5. The normalized spacial score (nSPS) is 11.0. The fourth-order valence-electron chi connectivity index (χ4n) is 1.29. The van der Waals surface area contributed by atoms with Crippen LogP contribution in [-0.4, -0.2) is 34.5 Å². The first-order chi connectivity index (χ1) is 9.14. The van der Waals surface area contributed by atoms with Crippen molar-refractivity contribution in [2.24, 2.45) is 0 Å². The summed E-state index contributed by atoms with van der Waals surface area (Å²) in [6.07, 6.45) is -5.97. The lowest BCUT2D eigenvalue weighted by atomic mass is 10.2. The van der Waals surface area contributed by atoms with Gasteiger partial charge >= 0.3 is 23.9 Å². The van der Waals surface area contributed by atoms with Gasteiger partial charge < -0.3 is 14.6 Å². The van der Waals surface area contributed by atoms with Crippen LogP contribution in [0.2, 0.25) is 0 Å². The summed E-state index contributed by atoms with van der Waals surface area (Å²) in [6, 6.07) is 0.857. The number of nitro groups is 1. The number of hydrogen-bond acceptors (Lipinski definition) is 6. The van der Waals surface area contributed by atoms with Gasteiger partial charge in [-0.3, -0.25) is 14.9 Å². The Morgan fingerprint density at radius 1 is 1.55 bits per heavy atom. The van der Waals surface area contributed by atoms with Crippen molar-refractivity contribution in [1.82, 2.24) is 4.98 Å². The van der Waals surface area contributed by atoms with E-state index in [1.54, 1.807) is 0 Å². The van der Waals surface area contributed by atoms with Crippen LogP contribution in [0.5, 0.6) is 11.6 Å². The van der Waals surface area contributed by atoms with E-state index in [0.717, 1.165) is 13.2 Å². The molecule has 0 aliphatic carbocycles. The molecule has 0 unspecified atom stereocenters. The third-order valence-electron chi connectivity index (χ3n) is 1.93. The average molecular weight is 296 g/mol. The van der Waals surface area contributed by atoms with E-state index < -0.39 is 41.0 Å². The molecule has 0 amide bonds. The molecule has 0 bridgehead atoms. The molecule has 11 heteroatoms. The van der Waals surface area contributed by atoms with Crippen molar-refractivity contribution in [3.05, 3.63) is 21.9 Å². The predicted molar refractivity (Wildman–Crippen MR) is 55.5 cm³/mol. The quantitative estimate of drug-likeness (QED) is 0.647. The first-order valence-electron chi connectivity index (χ1n) is 4.84. The minimum Gasteiger partial charge on any atom is -0.490 e. The van der Waals surface area contributed by atoms with E-state index in [-0.39, 0.29) is 5.69 Å². The van der Waals surface area contributed by atoms with Crippen molar-refractivity contribution in [3.63, 3.8) is 0 Å². The van der Waals surface area contributed by atoms with Crippen LogP contribution >= 0.6 is 0 Å². The number of hydrogen-bond donors (Lipinski definition) is 1. The number of carboxylic acid groups (broad SMARTS) is 1. The molecular formula is C9H7F3N2O6. The zero-order chi connectivity index (χ0) is 15.5. The lowest BCUT2D eigenvalue weighted by Crippen LogP contribution is -2.19. The summed E-state index contributed by atoms with van der Waals surface area (Å²) in [4.78, 5) is 23.3. The number of nitrogens with zero attached hydrogens (tertiary/aromatic N) is 2. The van der Waals surface area contributed by atoms with Crippen LogP contribution in [0, 0.1) is 10.1 Å². The molecule has 0 aliphatic rings. The van der Waals surface area contributed by atoms with E-state index in [0.29, 0.717) is 0 Å². The van der Waals surface area contributed by atoms with Crippen molar-refractivity contribution in [3.8, 4) is 11.6 Å². The Hall–Kier alpha value is -2.59. The second kappa shape index (κ2) is 5.59. The standard InChI is InChI=1S/C9H7F3N2O6/c1-19-5-2-4(3-6(15)16)13-8(7(5)14(17)18)20-9(10,11)12/h2H,3H2,1H3,(H,15,16). The van der Waals surface area contributed by atoms with Crippen molar-refractivity contribution in [1.29, 1.82) is 0 Å². The molecule has 0 spiro atoms. The first-order valence-corrected chi connectivity index (χ1v) is 4.84. The van der Waals surface area contributed by atoms with Gasteiger partial charge in [-0.05, 0) is 0 Å². The third kappa shape index (κ3) is 3.96. The maximum atomic E-state index is 12.2. The monoisotopic (exact) mass is 296 g/mol. The van der Waals surface area contributed by atoms with Gasteiger partial charge in [-0.1, -0.05) is 0 Å². The largest absolute Gasteiger partial charge is 0.574 e. The summed E-state index contributed by atoms with van der Waals surface area (Å²) in [5, 5.41) is 19.3. The maximum Gasteiger partial charge on any atom is 0.574 e. The number of carboxylic acids is 1. The van der Waals surface area contributed by atoms with Crippen LogP contribution in [0.4, 0.5) is 18.9 Å². The Bertz CT molecular complexity index is 545. The molecule has 1 heterocycles. The number of pyridine rings is 1. The topological polar surface area (TPSA) is 112 Å². The highest BCUT2D eigenvalue weighted by Gasteiger charge is 2.37. The SMILES string of the molecule is COc1cc(CC(=O)O)nc(OC(F)(F)F)c1[N+](=O)[O-]. The number of aromatic nitrogens is 1. The Balaban J connectivity index is 3.41. The summed E-state index contributed by atoms with van der Waals surface area (Å²) in [7, 11) is 0.976. The molecule has 0 aromatic carbocycles. The molecule has 0 saturated carbocycles. The van der Waals surface area contributed by atoms with Gasteiger partial charge in [-0.25, -0.2) is 4.98 Å². The minimum absolute atomic E-state index is 0.376. The molecule has 110 valence electrons. The van der Waals surface area contributed by atoms with Crippen molar-refractivity contribution in [2.75, 3.05) is 7.11 Å². The van der Waals surface area contributed by atoms with E-state index in [4.69, 9.17) is 5.11 Å². The zero-order valence-electron chi connectivity index (χ0n) is 9.80. The molecule has 0 radical (unpaired) electrons. The van der Waals surface area contributed by atoms with Crippen LogP contribution < -0.4 is 9.47 Å². The van der Waals surface area contributed by atoms with Crippen LogP contribution in [0.15, 0.2) is 6.07 Å². The molecule has 1 N–H and O–H groups in total. The van der Waals surface area contributed by atoms with E-state index >= 15 is 0 Å². The van der Waals surface area contributed by atoms with Crippen molar-refractivity contribution in [2.45, 2.75) is 12.8 Å². The molecule has 20 heavy (non-hydrogen) atoms. The molecule has 0 atom stereocenters. The Morgan fingerprint density at radius 3 is 2.55 bits per heavy atom. The third-order valence-corrected chi connectivity index (χ3v) is 1.93. The fraction of sp³-hybridized carbons (Fsp3) is 0.333. The number of aliphatic carboxylic acids is 1. The number of carbonyl (C=O) groups is 1. The van der Waals surface area contributed by atoms with E-state index in [1.165, 1.54) is 0 Å². The highest BCUT2D eigenvalue weighted by Crippen LogP contribution is 2.38. The molecule has 1 aromatic rings. The number of alkyl halides is 3. The van der Waals surface area contributed by atoms with Gasteiger partial charge in [0.2, 0.25) is 5.75 Å². The van der Waals surface area contributed by atoms with Crippen molar-refractivity contribution < 1.29 is 37.5 Å². The Kier molecular flexibility index (Phi) is 4.32. The molecule has 0 aliphatic heterocycles. The average Bonchev–Trinajstić information content (AvgIpc) is 2.24. The lowest BCUT2D eigenvalue weighted by Gasteiger charge is -2.11. The van der Waals surface area contributed by atoms with Crippen LogP contribution in [0.3, 0.4) is 0 Å². The van der Waals surface area contributed by atoms with Gasteiger partial charge in [0.1, 0.15) is 0 Å². The van der Waals surface area contributed by atoms with Crippen LogP contribution in [0.1, 0.15) is 5.69 Å². The summed E-state index contributed by atoms with van der Waals surface area (Å²) in [6.45, 7) is 0. The van der Waals surface area contributed by atoms with Gasteiger partial charge in [-0.2, -0.15) is 0 Å². The Morgan fingerprint density at radius 2 is 2.15 bits per heavy atom. The molecule has 0 saturated heterocycles. The molecular weight excluding hydrogens is 289 g/mol. The highest BCUT2D eigenvalue weighted by molar-refractivity contribution is 5.70. The van der Waals surface area contributed by atoms with Gasteiger partial charge in [0, 0.05) is 6.07 Å². The number of methoxy groups -OCH3 is 1. The summed E-state index contributed by atoms with van der Waals surface area (Å²) in [5.74, 6) is -3.34.